The van der Waals surface area contributed by atoms with E-state index in [9.17, 15) is 13.2 Å². The Balaban J connectivity index is 1.79. The maximum absolute atomic E-state index is 12.3. The lowest BCUT2D eigenvalue weighted by Crippen LogP contribution is -2.30. The Hall–Kier alpha value is -0.250. The molecule has 2 atom stereocenters. The third-order valence-corrected chi connectivity index (χ3v) is 2.94. The molecule has 0 heterocycles. The van der Waals surface area contributed by atoms with E-state index in [1.807, 2.05) is 0 Å². The van der Waals surface area contributed by atoms with Gasteiger partial charge in [0.15, 0.2) is 0 Å². The lowest BCUT2D eigenvalue weighted by atomic mass is 10.1. The molecule has 2 unspecified atom stereocenters. The molecule has 4 heteroatoms. The van der Waals surface area contributed by atoms with Gasteiger partial charge in [0.2, 0.25) is 0 Å². The minimum Gasteiger partial charge on any atom is -0.311 e. The van der Waals surface area contributed by atoms with Crippen LogP contribution in [-0.2, 0) is 0 Å². The standard InChI is InChI=1S/C9H14F3N/c10-9(11,12)6-1-2-8(5-6)13-7-3-4-7/h6-8,13H,1-5H2. The van der Waals surface area contributed by atoms with Gasteiger partial charge < -0.3 is 5.32 Å². The van der Waals surface area contributed by atoms with E-state index in [2.05, 4.69) is 5.32 Å². The molecule has 0 aromatic carbocycles. The predicted molar refractivity (Wildman–Crippen MR) is 43.3 cm³/mol. The van der Waals surface area contributed by atoms with Gasteiger partial charge in [-0.3, -0.25) is 0 Å². The van der Waals surface area contributed by atoms with Crippen molar-refractivity contribution < 1.29 is 13.2 Å². The van der Waals surface area contributed by atoms with Gasteiger partial charge in [-0.1, -0.05) is 0 Å². The van der Waals surface area contributed by atoms with Gasteiger partial charge in [0, 0.05) is 12.1 Å². The highest BCUT2D eigenvalue weighted by Crippen LogP contribution is 2.39. The summed E-state index contributed by atoms with van der Waals surface area (Å²) in [4.78, 5) is 0. The van der Waals surface area contributed by atoms with Crippen molar-refractivity contribution in [3.8, 4) is 0 Å². The summed E-state index contributed by atoms with van der Waals surface area (Å²) in [5.74, 6) is -1.05. The van der Waals surface area contributed by atoms with E-state index in [1.54, 1.807) is 0 Å². The Morgan fingerprint density at radius 2 is 1.54 bits per heavy atom. The van der Waals surface area contributed by atoms with Crippen molar-refractivity contribution >= 4 is 0 Å². The van der Waals surface area contributed by atoms with Crippen molar-refractivity contribution in [1.29, 1.82) is 0 Å². The molecule has 2 aliphatic carbocycles. The highest BCUT2D eigenvalue weighted by molar-refractivity contribution is 4.90. The van der Waals surface area contributed by atoms with Crippen molar-refractivity contribution in [2.24, 2.45) is 5.92 Å². The van der Waals surface area contributed by atoms with Crippen LogP contribution in [0.5, 0.6) is 0 Å². The monoisotopic (exact) mass is 193 g/mol. The zero-order valence-electron chi connectivity index (χ0n) is 7.40. The molecule has 76 valence electrons. The Labute approximate surface area is 75.7 Å². The number of nitrogens with one attached hydrogen (secondary N) is 1. The molecular formula is C9H14F3N. The second kappa shape index (κ2) is 3.15. The maximum atomic E-state index is 12.3. The van der Waals surface area contributed by atoms with Crippen LogP contribution in [0.25, 0.3) is 0 Å². The number of alkyl halides is 3. The van der Waals surface area contributed by atoms with Crippen LogP contribution < -0.4 is 5.32 Å². The Morgan fingerprint density at radius 3 is 2.00 bits per heavy atom. The first-order valence-corrected chi connectivity index (χ1v) is 4.88. The molecule has 1 nitrogen and oxygen atoms in total. The predicted octanol–water partition coefficient (Wildman–Crippen LogP) is 2.47. The van der Waals surface area contributed by atoms with Crippen LogP contribution in [0.15, 0.2) is 0 Å². The molecule has 0 bridgehead atoms. The van der Waals surface area contributed by atoms with Gasteiger partial charge in [-0.15, -0.1) is 0 Å². The molecule has 0 radical (unpaired) electrons. The minimum absolute atomic E-state index is 0.124. The van der Waals surface area contributed by atoms with Gasteiger partial charge in [-0.05, 0) is 32.1 Å². The van der Waals surface area contributed by atoms with E-state index in [1.165, 1.54) is 0 Å². The molecule has 0 saturated heterocycles. The van der Waals surface area contributed by atoms with Gasteiger partial charge in [0.25, 0.3) is 0 Å². The van der Waals surface area contributed by atoms with Crippen molar-refractivity contribution in [3.63, 3.8) is 0 Å². The first-order valence-electron chi connectivity index (χ1n) is 4.88. The van der Waals surface area contributed by atoms with E-state index >= 15 is 0 Å². The van der Waals surface area contributed by atoms with Crippen LogP contribution >= 0.6 is 0 Å². The number of halogens is 3. The van der Waals surface area contributed by atoms with Gasteiger partial charge in [0.05, 0.1) is 5.92 Å². The lowest BCUT2D eigenvalue weighted by Gasteiger charge is -2.15. The first kappa shape index (κ1) is 9.31. The molecule has 13 heavy (non-hydrogen) atoms. The van der Waals surface area contributed by atoms with Crippen molar-refractivity contribution in [1.82, 2.24) is 5.32 Å². The number of rotatable bonds is 2. The number of hydrogen-bond acceptors (Lipinski definition) is 1. The average molecular weight is 193 g/mol. The normalized spacial score (nSPS) is 35.3. The van der Waals surface area contributed by atoms with Crippen molar-refractivity contribution in [2.75, 3.05) is 0 Å². The average Bonchev–Trinajstić information content (AvgIpc) is 2.63. The van der Waals surface area contributed by atoms with E-state index in [0.717, 1.165) is 12.8 Å². The fourth-order valence-corrected chi connectivity index (χ4v) is 2.01. The summed E-state index contributed by atoms with van der Waals surface area (Å²) < 4.78 is 36.8. The zero-order valence-corrected chi connectivity index (χ0v) is 7.40. The van der Waals surface area contributed by atoms with E-state index in [-0.39, 0.29) is 6.04 Å². The molecule has 2 saturated carbocycles. The minimum atomic E-state index is -3.97. The zero-order chi connectivity index (χ0) is 9.47. The summed E-state index contributed by atoms with van der Waals surface area (Å²) in [6.45, 7) is 0. The lowest BCUT2D eigenvalue weighted by molar-refractivity contribution is -0.172. The molecule has 2 rings (SSSR count). The van der Waals surface area contributed by atoms with E-state index in [0.29, 0.717) is 25.3 Å². The summed E-state index contributed by atoms with van der Waals surface area (Å²) in [6.07, 6.45) is -0.380. The Morgan fingerprint density at radius 1 is 0.923 bits per heavy atom. The molecule has 2 fully saturated rings. The molecule has 0 amide bonds. The number of hydrogen-bond donors (Lipinski definition) is 1. The molecule has 0 spiro atoms. The van der Waals surface area contributed by atoms with E-state index in [4.69, 9.17) is 0 Å². The molecule has 0 aromatic rings. The third-order valence-electron chi connectivity index (χ3n) is 2.94. The Kier molecular flexibility index (Phi) is 2.26. The van der Waals surface area contributed by atoms with Crippen LogP contribution in [-0.4, -0.2) is 18.3 Å². The molecular weight excluding hydrogens is 179 g/mol. The summed E-state index contributed by atoms with van der Waals surface area (Å²) in [5, 5.41) is 3.25. The van der Waals surface area contributed by atoms with Gasteiger partial charge >= 0.3 is 6.18 Å². The van der Waals surface area contributed by atoms with Crippen LogP contribution in [0.2, 0.25) is 0 Å². The Bertz CT molecular complexity index is 186. The first-order chi connectivity index (χ1) is 6.05. The molecule has 0 aromatic heterocycles. The van der Waals surface area contributed by atoms with Crippen LogP contribution in [0.4, 0.5) is 13.2 Å². The van der Waals surface area contributed by atoms with Crippen molar-refractivity contribution in [2.45, 2.75) is 50.4 Å². The highest BCUT2D eigenvalue weighted by atomic mass is 19.4. The largest absolute Gasteiger partial charge is 0.391 e. The fourth-order valence-electron chi connectivity index (χ4n) is 2.01. The van der Waals surface area contributed by atoms with Gasteiger partial charge in [-0.2, -0.15) is 13.2 Å². The third kappa shape index (κ3) is 2.36. The summed E-state index contributed by atoms with van der Waals surface area (Å²) in [7, 11) is 0. The summed E-state index contributed by atoms with van der Waals surface area (Å²) >= 11 is 0. The second-order valence-corrected chi connectivity index (χ2v) is 4.19. The summed E-state index contributed by atoms with van der Waals surface area (Å²) in [6, 6.07) is 0.649. The quantitative estimate of drug-likeness (QED) is 0.710. The molecule has 2 aliphatic rings. The fraction of sp³-hybridized carbons (Fsp3) is 1.00. The second-order valence-electron chi connectivity index (χ2n) is 4.19. The SMILES string of the molecule is FC(F)(F)C1CCC(NC2CC2)C1. The topological polar surface area (TPSA) is 12.0 Å². The van der Waals surface area contributed by atoms with Crippen LogP contribution in [0.3, 0.4) is 0 Å². The van der Waals surface area contributed by atoms with Crippen LogP contribution in [0.1, 0.15) is 32.1 Å². The summed E-state index contributed by atoms with van der Waals surface area (Å²) in [5.41, 5.74) is 0. The van der Waals surface area contributed by atoms with Crippen LogP contribution in [0, 0.1) is 5.92 Å². The smallest absolute Gasteiger partial charge is 0.311 e. The highest BCUT2D eigenvalue weighted by Gasteiger charge is 2.44. The molecule has 1 N–H and O–H groups in total. The molecule has 0 aliphatic heterocycles. The van der Waals surface area contributed by atoms with Gasteiger partial charge in [0.1, 0.15) is 0 Å². The van der Waals surface area contributed by atoms with E-state index < -0.39 is 12.1 Å². The van der Waals surface area contributed by atoms with Gasteiger partial charge in [-0.25, -0.2) is 0 Å². The van der Waals surface area contributed by atoms with Crippen molar-refractivity contribution in [3.05, 3.63) is 0 Å². The maximum Gasteiger partial charge on any atom is 0.391 e.